The average Bonchev–Trinajstić information content (AvgIpc) is 1.84. The van der Waals surface area contributed by atoms with Crippen LogP contribution in [0.4, 0.5) is 0 Å². The van der Waals surface area contributed by atoms with Crippen molar-refractivity contribution in [3.05, 3.63) is 0 Å². The Hall–Kier alpha value is -0.610. The van der Waals surface area contributed by atoms with E-state index in [1.54, 1.807) is 20.8 Å². The number of hydrogen-bond acceptors (Lipinski definition) is 3. The lowest BCUT2D eigenvalue weighted by Gasteiger charge is -2.21. The van der Waals surface area contributed by atoms with Crippen molar-refractivity contribution < 1.29 is 14.6 Å². The maximum absolute atomic E-state index is 11.1. The predicted octanol–water partition coefficient (Wildman–Crippen LogP) is 0.476. The minimum Gasteiger partial charge on any atom is -0.459 e. The highest BCUT2D eigenvalue weighted by atomic mass is 16.6. The lowest BCUT2D eigenvalue weighted by Crippen LogP contribution is -2.37. The zero-order chi connectivity index (χ0) is 9.78. The molecule has 0 spiro atoms. The van der Waals surface area contributed by atoms with Crippen LogP contribution in [-0.2, 0) is 14.6 Å². The molecule has 1 atom stereocenters. The van der Waals surface area contributed by atoms with Gasteiger partial charge >= 0.3 is 5.97 Å². The molecule has 0 aliphatic rings. The fourth-order valence-electron chi connectivity index (χ4n) is 0.622. The maximum atomic E-state index is 11.1. The largest absolute Gasteiger partial charge is 0.459 e. The summed E-state index contributed by atoms with van der Waals surface area (Å²) in [4.78, 5) is 11.1. The van der Waals surface area contributed by atoms with Crippen LogP contribution >= 0.6 is 0 Å². The lowest BCUT2D eigenvalue weighted by atomic mass is 10.2. The number of ether oxygens (including phenoxy) is 1. The van der Waals surface area contributed by atoms with E-state index in [0.29, 0.717) is 0 Å². The second-order valence-electron chi connectivity index (χ2n) is 3.63. The first-order valence-electron chi connectivity index (χ1n) is 3.93. The van der Waals surface area contributed by atoms with Gasteiger partial charge in [-0.05, 0) is 27.2 Å². The van der Waals surface area contributed by atoms with Gasteiger partial charge in [0, 0.05) is 0 Å². The molecule has 0 aromatic carbocycles. The first kappa shape index (κ1) is 11.4. The van der Waals surface area contributed by atoms with Gasteiger partial charge in [0.05, 0.1) is 6.61 Å². The van der Waals surface area contributed by atoms with Gasteiger partial charge in [0.2, 0.25) is 0 Å². The van der Waals surface area contributed by atoms with Crippen molar-refractivity contribution in [1.29, 1.82) is 0 Å². The van der Waals surface area contributed by atoms with E-state index >= 15 is 0 Å². The number of hydrogen-bond donors (Lipinski definition) is 1. The fraction of sp³-hybridized carbons (Fsp3) is 0.875. The SMILES string of the molecule is CC(C)(C)OC(=O)C(N)CC[O]. The van der Waals surface area contributed by atoms with Crippen LogP contribution in [0.5, 0.6) is 0 Å². The van der Waals surface area contributed by atoms with E-state index in [2.05, 4.69) is 0 Å². The van der Waals surface area contributed by atoms with E-state index < -0.39 is 17.6 Å². The zero-order valence-electron chi connectivity index (χ0n) is 7.79. The highest BCUT2D eigenvalue weighted by Gasteiger charge is 2.21. The molecular formula is C8H16NO3. The molecule has 4 nitrogen and oxygen atoms in total. The van der Waals surface area contributed by atoms with Gasteiger partial charge in [-0.15, -0.1) is 0 Å². The van der Waals surface area contributed by atoms with Crippen molar-refractivity contribution in [3.63, 3.8) is 0 Å². The molecule has 1 radical (unpaired) electrons. The molecule has 0 rings (SSSR count). The van der Waals surface area contributed by atoms with E-state index in [9.17, 15) is 9.90 Å². The Morgan fingerprint density at radius 2 is 2.00 bits per heavy atom. The molecule has 0 aliphatic carbocycles. The Labute approximate surface area is 72.7 Å². The van der Waals surface area contributed by atoms with Crippen molar-refractivity contribution in [2.24, 2.45) is 5.73 Å². The van der Waals surface area contributed by atoms with Crippen molar-refractivity contribution in [3.8, 4) is 0 Å². The van der Waals surface area contributed by atoms with E-state index in [0.717, 1.165) is 0 Å². The number of carbonyl (C=O) groups is 1. The predicted molar refractivity (Wildman–Crippen MR) is 44.0 cm³/mol. The molecule has 12 heavy (non-hydrogen) atoms. The highest BCUT2D eigenvalue weighted by molar-refractivity contribution is 5.75. The molecule has 0 bridgehead atoms. The molecule has 0 fully saturated rings. The fourth-order valence-corrected chi connectivity index (χ4v) is 0.622. The van der Waals surface area contributed by atoms with Crippen LogP contribution < -0.4 is 5.73 Å². The van der Waals surface area contributed by atoms with E-state index in [1.807, 2.05) is 0 Å². The van der Waals surface area contributed by atoms with Gasteiger partial charge < -0.3 is 10.5 Å². The highest BCUT2D eigenvalue weighted by Crippen LogP contribution is 2.08. The van der Waals surface area contributed by atoms with Gasteiger partial charge in [0.25, 0.3) is 0 Å². The summed E-state index contributed by atoms with van der Waals surface area (Å²) in [7, 11) is 0. The average molecular weight is 174 g/mol. The minimum absolute atomic E-state index is 0.134. The lowest BCUT2D eigenvalue weighted by molar-refractivity contribution is -0.156. The van der Waals surface area contributed by atoms with Crippen LogP contribution in [0.15, 0.2) is 0 Å². The Bertz CT molecular complexity index is 151. The van der Waals surface area contributed by atoms with Gasteiger partial charge in [-0.2, -0.15) is 0 Å². The molecule has 0 amide bonds. The summed E-state index contributed by atoms with van der Waals surface area (Å²) in [5.74, 6) is -0.502. The Balaban J connectivity index is 3.87. The molecule has 0 aromatic rings. The number of nitrogens with two attached hydrogens (primary N) is 1. The number of esters is 1. The van der Waals surface area contributed by atoms with E-state index in [-0.39, 0.29) is 13.0 Å². The second-order valence-corrected chi connectivity index (χ2v) is 3.63. The molecule has 0 aromatic heterocycles. The maximum Gasteiger partial charge on any atom is 0.323 e. The molecule has 0 aliphatic heterocycles. The molecule has 71 valence electrons. The smallest absolute Gasteiger partial charge is 0.323 e. The summed E-state index contributed by atoms with van der Waals surface area (Å²) in [5, 5.41) is 10.1. The number of rotatable bonds is 3. The van der Waals surface area contributed by atoms with Crippen LogP contribution in [0.2, 0.25) is 0 Å². The summed E-state index contributed by atoms with van der Waals surface area (Å²) in [6.07, 6.45) is 0.134. The Morgan fingerprint density at radius 3 is 2.33 bits per heavy atom. The molecular weight excluding hydrogens is 158 g/mol. The van der Waals surface area contributed by atoms with Crippen molar-refractivity contribution in [2.75, 3.05) is 6.61 Å². The van der Waals surface area contributed by atoms with Crippen LogP contribution in [0, 0.1) is 0 Å². The van der Waals surface area contributed by atoms with Crippen LogP contribution in [0.3, 0.4) is 0 Å². The standard InChI is InChI=1S/C8H16NO3/c1-8(2,3)12-7(11)6(9)4-5-10/h6H,4-5,9H2,1-3H3. The van der Waals surface area contributed by atoms with Crippen LogP contribution in [0.1, 0.15) is 27.2 Å². The minimum atomic E-state index is -0.776. The molecule has 1 unspecified atom stereocenters. The van der Waals surface area contributed by atoms with Crippen molar-refractivity contribution in [2.45, 2.75) is 38.8 Å². The normalized spacial score (nSPS) is 14.1. The second kappa shape index (κ2) is 4.42. The summed E-state index contributed by atoms with van der Waals surface area (Å²) < 4.78 is 4.95. The van der Waals surface area contributed by atoms with Crippen LogP contribution in [-0.4, -0.2) is 24.2 Å². The monoisotopic (exact) mass is 174 g/mol. The molecule has 0 saturated heterocycles. The quantitative estimate of drug-likeness (QED) is 0.632. The Kier molecular flexibility index (Phi) is 4.20. The van der Waals surface area contributed by atoms with Gasteiger partial charge in [0.1, 0.15) is 11.6 Å². The summed E-state index contributed by atoms with van der Waals surface area (Å²) in [6, 6.07) is -0.776. The topological polar surface area (TPSA) is 72.2 Å². The van der Waals surface area contributed by atoms with E-state index in [4.69, 9.17) is 10.5 Å². The third kappa shape index (κ3) is 5.09. The summed E-state index contributed by atoms with van der Waals surface area (Å²) in [6.45, 7) is 4.93. The Morgan fingerprint density at radius 1 is 1.50 bits per heavy atom. The van der Waals surface area contributed by atoms with Crippen molar-refractivity contribution in [1.82, 2.24) is 0 Å². The summed E-state index contributed by atoms with van der Waals surface area (Å²) >= 11 is 0. The first-order chi connectivity index (χ1) is 5.37. The van der Waals surface area contributed by atoms with Gasteiger partial charge in [0.15, 0.2) is 0 Å². The zero-order valence-corrected chi connectivity index (χ0v) is 7.79. The van der Waals surface area contributed by atoms with Crippen LogP contribution in [0.25, 0.3) is 0 Å². The van der Waals surface area contributed by atoms with E-state index in [1.165, 1.54) is 0 Å². The molecule has 0 heterocycles. The third-order valence-electron chi connectivity index (χ3n) is 1.14. The summed E-state index contributed by atoms with van der Waals surface area (Å²) in [5.41, 5.74) is 4.83. The number of carbonyl (C=O) groups excluding carboxylic acids is 1. The molecule has 0 saturated carbocycles. The first-order valence-corrected chi connectivity index (χ1v) is 3.93. The van der Waals surface area contributed by atoms with Gasteiger partial charge in [-0.1, -0.05) is 0 Å². The molecule has 2 N–H and O–H groups in total. The van der Waals surface area contributed by atoms with Crippen molar-refractivity contribution >= 4 is 5.97 Å². The third-order valence-corrected chi connectivity index (χ3v) is 1.14. The van der Waals surface area contributed by atoms with Gasteiger partial charge in [-0.25, -0.2) is 5.11 Å². The molecule has 4 heteroatoms. The van der Waals surface area contributed by atoms with Gasteiger partial charge in [-0.3, -0.25) is 4.79 Å².